The van der Waals surface area contributed by atoms with Crippen molar-refractivity contribution in [1.29, 1.82) is 0 Å². The molecule has 0 aliphatic heterocycles. The maximum atomic E-state index is 12.4. The maximum absolute atomic E-state index is 12.4. The highest BCUT2D eigenvalue weighted by atomic mass is 35.5. The van der Waals surface area contributed by atoms with Gasteiger partial charge in [-0.1, -0.05) is 35.3 Å². The van der Waals surface area contributed by atoms with Gasteiger partial charge in [0.05, 0.1) is 33.6 Å². The lowest BCUT2D eigenvalue weighted by molar-refractivity contribution is 0.0601. The van der Waals surface area contributed by atoms with Gasteiger partial charge in [0.2, 0.25) is 0 Å². The molecule has 0 unspecified atom stereocenters. The van der Waals surface area contributed by atoms with Crippen molar-refractivity contribution in [2.45, 2.75) is 0 Å². The van der Waals surface area contributed by atoms with Gasteiger partial charge in [-0.05, 0) is 42.5 Å². The lowest BCUT2D eigenvalue weighted by Gasteiger charge is -2.04. The van der Waals surface area contributed by atoms with Crippen LogP contribution in [0.3, 0.4) is 0 Å². The van der Waals surface area contributed by atoms with Gasteiger partial charge in [0.25, 0.3) is 5.56 Å². The monoisotopic (exact) mass is 440 g/mol. The van der Waals surface area contributed by atoms with Crippen molar-refractivity contribution in [3.05, 3.63) is 87.1 Å². The number of hydrogen-bond donors (Lipinski definition) is 1. The molecule has 0 saturated carbocycles. The Morgan fingerprint density at radius 2 is 1.97 bits per heavy atom. The molecule has 0 fully saturated rings. The molecule has 0 saturated heterocycles. The van der Waals surface area contributed by atoms with Crippen molar-refractivity contribution in [2.24, 2.45) is 0 Å². The summed E-state index contributed by atoms with van der Waals surface area (Å²) in [6, 6.07) is 15.3. The standard InChI is InChI=1S/C22H14Cl2N2O4/c1-29-22(28)12-6-8-15-18(10-12)25-20(26-21(15)27)17(24)11-13-7-9-19(30-13)14-4-2-3-5-16(14)23/h2-11H,1H3,(H,25,26,27)/b17-11-. The number of halogens is 2. The molecule has 0 spiro atoms. The van der Waals surface area contributed by atoms with E-state index in [-0.39, 0.29) is 22.0 Å². The molecule has 1 N–H and O–H groups in total. The third-order valence-corrected chi connectivity index (χ3v) is 5.01. The Hall–Kier alpha value is -3.35. The van der Waals surface area contributed by atoms with Crippen LogP contribution >= 0.6 is 23.2 Å². The number of nitrogens with one attached hydrogen (secondary N) is 1. The number of nitrogens with zero attached hydrogens (tertiary/aromatic N) is 1. The van der Waals surface area contributed by atoms with Gasteiger partial charge in [0.15, 0.2) is 5.82 Å². The van der Waals surface area contributed by atoms with E-state index in [0.29, 0.717) is 27.4 Å². The highest BCUT2D eigenvalue weighted by Gasteiger charge is 2.12. The molecular formula is C22H14Cl2N2O4. The number of hydrogen-bond acceptors (Lipinski definition) is 5. The van der Waals surface area contributed by atoms with Gasteiger partial charge in [-0.2, -0.15) is 0 Å². The molecule has 0 bridgehead atoms. The first-order valence-corrected chi connectivity index (χ1v) is 9.56. The van der Waals surface area contributed by atoms with E-state index in [2.05, 4.69) is 9.97 Å². The van der Waals surface area contributed by atoms with E-state index in [9.17, 15) is 9.59 Å². The van der Waals surface area contributed by atoms with Crippen LogP contribution in [0.5, 0.6) is 0 Å². The van der Waals surface area contributed by atoms with Crippen molar-refractivity contribution < 1.29 is 13.9 Å². The lowest BCUT2D eigenvalue weighted by atomic mass is 10.1. The fourth-order valence-corrected chi connectivity index (χ4v) is 3.35. The van der Waals surface area contributed by atoms with Crippen LogP contribution in [-0.2, 0) is 4.74 Å². The molecule has 4 aromatic rings. The molecule has 2 aromatic heterocycles. The average Bonchev–Trinajstić information content (AvgIpc) is 3.21. The Morgan fingerprint density at radius 3 is 2.73 bits per heavy atom. The van der Waals surface area contributed by atoms with Gasteiger partial charge in [0, 0.05) is 11.6 Å². The van der Waals surface area contributed by atoms with Crippen LogP contribution in [0, 0.1) is 0 Å². The number of benzene rings is 2. The molecule has 150 valence electrons. The molecule has 4 rings (SSSR count). The van der Waals surface area contributed by atoms with Crippen molar-refractivity contribution in [3.63, 3.8) is 0 Å². The van der Waals surface area contributed by atoms with Crippen molar-refractivity contribution in [3.8, 4) is 11.3 Å². The number of aromatic amines is 1. The van der Waals surface area contributed by atoms with E-state index in [4.69, 9.17) is 32.4 Å². The summed E-state index contributed by atoms with van der Waals surface area (Å²) in [6.45, 7) is 0. The summed E-state index contributed by atoms with van der Waals surface area (Å²) in [5.41, 5.74) is 0.973. The zero-order valence-electron chi connectivity index (χ0n) is 15.6. The van der Waals surface area contributed by atoms with Gasteiger partial charge in [0.1, 0.15) is 11.5 Å². The van der Waals surface area contributed by atoms with Crippen LogP contribution in [0.1, 0.15) is 21.9 Å². The largest absolute Gasteiger partial charge is 0.465 e. The summed E-state index contributed by atoms with van der Waals surface area (Å²) in [6.07, 6.45) is 1.54. The summed E-state index contributed by atoms with van der Waals surface area (Å²) in [4.78, 5) is 31.1. The van der Waals surface area contributed by atoms with Gasteiger partial charge in [-0.25, -0.2) is 9.78 Å². The third kappa shape index (κ3) is 3.87. The van der Waals surface area contributed by atoms with Gasteiger partial charge in [-0.15, -0.1) is 0 Å². The number of carbonyl (C=O) groups is 1. The number of aromatic nitrogens is 2. The summed E-state index contributed by atoms with van der Waals surface area (Å²) in [7, 11) is 1.28. The Balaban J connectivity index is 1.71. The first-order valence-electron chi connectivity index (χ1n) is 8.81. The van der Waals surface area contributed by atoms with Crippen LogP contribution in [0.25, 0.3) is 33.3 Å². The highest BCUT2D eigenvalue weighted by molar-refractivity contribution is 6.50. The summed E-state index contributed by atoms with van der Waals surface area (Å²) < 4.78 is 10.5. The Morgan fingerprint density at radius 1 is 1.17 bits per heavy atom. The molecule has 0 atom stereocenters. The minimum Gasteiger partial charge on any atom is -0.465 e. The number of ether oxygens (including phenoxy) is 1. The molecule has 2 heterocycles. The van der Waals surface area contributed by atoms with Gasteiger partial charge >= 0.3 is 5.97 Å². The minimum atomic E-state index is -0.523. The van der Waals surface area contributed by atoms with E-state index in [1.54, 1.807) is 18.2 Å². The number of furan rings is 1. The van der Waals surface area contributed by atoms with Crippen LogP contribution in [0.4, 0.5) is 0 Å². The van der Waals surface area contributed by atoms with Crippen LogP contribution < -0.4 is 5.56 Å². The molecule has 0 amide bonds. The highest BCUT2D eigenvalue weighted by Crippen LogP contribution is 2.30. The van der Waals surface area contributed by atoms with Crippen LogP contribution in [-0.4, -0.2) is 23.0 Å². The molecule has 0 radical (unpaired) electrons. The smallest absolute Gasteiger partial charge is 0.337 e. The fraction of sp³-hybridized carbons (Fsp3) is 0.0455. The van der Waals surface area contributed by atoms with Crippen molar-refractivity contribution >= 4 is 51.2 Å². The Labute approximate surface area is 180 Å². The van der Waals surface area contributed by atoms with E-state index in [1.807, 2.05) is 18.2 Å². The van der Waals surface area contributed by atoms with E-state index in [1.165, 1.54) is 31.4 Å². The number of H-pyrrole nitrogens is 1. The predicted molar refractivity (Wildman–Crippen MR) is 117 cm³/mol. The Kier molecular flexibility index (Phi) is 5.44. The van der Waals surface area contributed by atoms with Crippen molar-refractivity contribution in [1.82, 2.24) is 9.97 Å². The first-order chi connectivity index (χ1) is 14.5. The normalized spacial score (nSPS) is 11.6. The zero-order valence-corrected chi connectivity index (χ0v) is 17.1. The first kappa shape index (κ1) is 19.9. The SMILES string of the molecule is COC(=O)c1ccc2c(=O)[nH]c(/C(Cl)=C/c3ccc(-c4ccccc4Cl)o3)nc2c1. The predicted octanol–water partition coefficient (Wildman–Crippen LogP) is 5.36. The molecule has 0 aliphatic carbocycles. The van der Waals surface area contributed by atoms with Crippen LogP contribution in [0.2, 0.25) is 5.02 Å². The molecular weight excluding hydrogens is 427 g/mol. The van der Waals surface area contributed by atoms with Gasteiger partial charge in [-0.3, -0.25) is 4.79 Å². The molecule has 0 aliphatic rings. The number of carbonyl (C=O) groups excluding carboxylic acids is 1. The molecule has 30 heavy (non-hydrogen) atoms. The molecule has 6 nitrogen and oxygen atoms in total. The number of esters is 1. The second-order valence-electron chi connectivity index (χ2n) is 6.31. The van der Waals surface area contributed by atoms with E-state index in [0.717, 1.165) is 5.56 Å². The second-order valence-corrected chi connectivity index (χ2v) is 7.13. The molecule has 2 aromatic carbocycles. The number of fused-ring (bicyclic) bond motifs is 1. The van der Waals surface area contributed by atoms with E-state index < -0.39 is 5.97 Å². The number of rotatable bonds is 4. The summed E-state index contributed by atoms with van der Waals surface area (Å²) in [5, 5.41) is 1.06. The topological polar surface area (TPSA) is 85.2 Å². The fourth-order valence-electron chi connectivity index (χ4n) is 2.93. The maximum Gasteiger partial charge on any atom is 0.337 e. The van der Waals surface area contributed by atoms with Crippen molar-refractivity contribution in [2.75, 3.05) is 7.11 Å². The number of methoxy groups -OCH3 is 1. The average molecular weight is 441 g/mol. The minimum absolute atomic E-state index is 0.145. The second kappa shape index (κ2) is 8.18. The van der Waals surface area contributed by atoms with Gasteiger partial charge < -0.3 is 14.1 Å². The summed E-state index contributed by atoms with van der Waals surface area (Å²) in [5.74, 6) is 0.664. The summed E-state index contributed by atoms with van der Waals surface area (Å²) >= 11 is 12.6. The lowest BCUT2D eigenvalue weighted by Crippen LogP contribution is -2.11. The zero-order chi connectivity index (χ0) is 21.3. The van der Waals surface area contributed by atoms with Crippen LogP contribution in [0.15, 0.2) is 63.8 Å². The third-order valence-electron chi connectivity index (χ3n) is 4.39. The quantitative estimate of drug-likeness (QED) is 0.431. The Bertz CT molecular complexity index is 1350. The molecule has 8 heteroatoms. The van der Waals surface area contributed by atoms with E-state index >= 15 is 0 Å².